The second-order valence-corrected chi connectivity index (χ2v) is 5.31. The molecule has 2 unspecified atom stereocenters. The standard InChI is InChI=1S/C15H20N2/c16-13-8-6-11(7-9-13)14-5-1-3-12-4-2-10-17-15(12)14/h2,4,6,10,13-14H,1,3,5,7-9,16H2. The van der Waals surface area contributed by atoms with Crippen molar-refractivity contribution in [1.82, 2.24) is 4.98 Å². The van der Waals surface area contributed by atoms with Crippen LogP contribution in [0.5, 0.6) is 0 Å². The summed E-state index contributed by atoms with van der Waals surface area (Å²) in [5, 5.41) is 0. The minimum atomic E-state index is 0.380. The van der Waals surface area contributed by atoms with Crippen molar-refractivity contribution in [1.29, 1.82) is 0 Å². The molecule has 3 rings (SSSR count). The fourth-order valence-electron chi connectivity index (χ4n) is 3.16. The maximum absolute atomic E-state index is 5.96. The van der Waals surface area contributed by atoms with Crippen molar-refractivity contribution in [2.45, 2.75) is 50.5 Å². The molecule has 0 aromatic carbocycles. The summed E-state index contributed by atoms with van der Waals surface area (Å²) in [6.07, 6.45) is 11.4. The number of aryl methyl sites for hydroxylation is 1. The fourth-order valence-corrected chi connectivity index (χ4v) is 3.16. The first-order chi connectivity index (χ1) is 8.34. The van der Waals surface area contributed by atoms with Gasteiger partial charge in [-0.15, -0.1) is 0 Å². The molecule has 2 aliphatic carbocycles. The number of hydrogen-bond donors (Lipinski definition) is 1. The lowest BCUT2D eigenvalue weighted by Gasteiger charge is -2.29. The highest BCUT2D eigenvalue weighted by molar-refractivity contribution is 5.33. The molecular formula is C15H20N2. The van der Waals surface area contributed by atoms with E-state index < -0.39 is 0 Å². The van der Waals surface area contributed by atoms with Gasteiger partial charge in [0.15, 0.2) is 0 Å². The summed E-state index contributed by atoms with van der Waals surface area (Å²) in [6.45, 7) is 0. The van der Waals surface area contributed by atoms with Crippen LogP contribution in [-0.2, 0) is 6.42 Å². The molecule has 1 aromatic rings. The minimum Gasteiger partial charge on any atom is -0.327 e. The lowest BCUT2D eigenvalue weighted by molar-refractivity contribution is 0.521. The summed E-state index contributed by atoms with van der Waals surface area (Å²) < 4.78 is 0. The Morgan fingerprint density at radius 1 is 1.24 bits per heavy atom. The highest BCUT2D eigenvalue weighted by Crippen LogP contribution is 2.38. The van der Waals surface area contributed by atoms with Crippen molar-refractivity contribution in [3.63, 3.8) is 0 Å². The van der Waals surface area contributed by atoms with Crippen LogP contribution in [0.4, 0.5) is 0 Å². The fraction of sp³-hybridized carbons (Fsp3) is 0.533. The molecule has 17 heavy (non-hydrogen) atoms. The van der Waals surface area contributed by atoms with Gasteiger partial charge in [-0.2, -0.15) is 0 Å². The van der Waals surface area contributed by atoms with E-state index in [-0.39, 0.29) is 0 Å². The second-order valence-electron chi connectivity index (χ2n) is 5.31. The van der Waals surface area contributed by atoms with Crippen LogP contribution in [0.2, 0.25) is 0 Å². The molecule has 0 saturated heterocycles. The molecule has 2 atom stereocenters. The minimum absolute atomic E-state index is 0.380. The second kappa shape index (κ2) is 4.61. The van der Waals surface area contributed by atoms with Crippen LogP contribution in [0.1, 0.15) is 49.3 Å². The van der Waals surface area contributed by atoms with Gasteiger partial charge in [-0.25, -0.2) is 0 Å². The first-order valence-corrected chi connectivity index (χ1v) is 6.73. The third-order valence-electron chi connectivity index (χ3n) is 4.13. The Balaban J connectivity index is 1.90. The quantitative estimate of drug-likeness (QED) is 0.751. The summed E-state index contributed by atoms with van der Waals surface area (Å²) in [5.41, 5.74) is 10.3. The van der Waals surface area contributed by atoms with E-state index in [1.165, 1.54) is 36.9 Å². The van der Waals surface area contributed by atoms with Crippen LogP contribution in [0.15, 0.2) is 30.0 Å². The maximum atomic E-state index is 5.96. The number of nitrogens with two attached hydrogens (primary N) is 1. The van der Waals surface area contributed by atoms with Gasteiger partial charge < -0.3 is 5.73 Å². The molecule has 0 amide bonds. The Labute approximate surface area is 103 Å². The van der Waals surface area contributed by atoms with Crippen molar-refractivity contribution in [3.8, 4) is 0 Å². The Hall–Kier alpha value is -1.15. The normalized spacial score (nSPS) is 28.4. The van der Waals surface area contributed by atoms with E-state index in [0.717, 1.165) is 12.8 Å². The van der Waals surface area contributed by atoms with Gasteiger partial charge in [0.25, 0.3) is 0 Å². The summed E-state index contributed by atoms with van der Waals surface area (Å²) in [7, 11) is 0. The predicted octanol–water partition coefficient (Wildman–Crippen LogP) is 2.94. The van der Waals surface area contributed by atoms with Crippen molar-refractivity contribution in [3.05, 3.63) is 41.2 Å². The first-order valence-electron chi connectivity index (χ1n) is 6.73. The predicted molar refractivity (Wildman–Crippen MR) is 69.8 cm³/mol. The van der Waals surface area contributed by atoms with Crippen molar-refractivity contribution in [2.24, 2.45) is 5.73 Å². The van der Waals surface area contributed by atoms with Gasteiger partial charge in [0.2, 0.25) is 0 Å². The highest BCUT2D eigenvalue weighted by Gasteiger charge is 2.26. The summed E-state index contributed by atoms with van der Waals surface area (Å²) in [5.74, 6) is 0.576. The average Bonchev–Trinajstić information content (AvgIpc) is 2.39. The van der Waals surface area contributed by atoms with E-state index >= 15 is 0 Å². The molecule has 90 valence electrons. The zero-order valence-electron chi connectivity index (χ0n) is 10.2. The average molecular weight is 228 g/mol. The van der Waals surface area contributed by atoms with Gasteiger partial charge in [0, 0.05) is 18.2 Å². The number of fused-ring (bicyclic) bond motifs is 1. The molecule has 0 bridgehead atoms. The molecule has 0 aliphatic heterocycles. The zero-order chi connectivity index (χ0) is 11.7. The van der Waals surface area contributed by atoms with Crippen molar-refractivity contribution in [2.75, 3.05) is 0 Å². The number of hydrogen-bond acceptors (Lipinski definition) is 2. The molecule has 1 heterocycles. The largest absolute Gasteiger partial charge is 0.327 e. The third-order valence-corrected chi connectivity index (χ3v) is 4.13. The Kier molecular flexibility index (Phi) is 2.98. The topological polar surface area (TPSA) is 38.9 Å². The Morgan fingerprint density at radius 3 is 3.00 bits per heavy atom. The lowest BCUT2D eigenvalue weighted by atomic mass is 9.78. The molecule has 2 N–H and O–H groups in total. The van der Waals surface area contributed by atoms with E-state index in [1.54, 1.807) is 5.57 Å². The molecule has 2 aliphatic rings. The zero-order valence-corrected chi connectivity index (χ0v) is 10.2. The molecule has 0 radical (unpaired) electrons. The highest BCUT2D eigenvalue weighted by atomic mass is 14.7. The molecule has 2 heteroatoms. The van der Waals surface area contributed by atoms with E-state index in [0.29, 0.717) is 12.0 Å². The van der Waals surface area contributed by atoms with Gasteiger partial charge in [-0.05, 0) is 50.2 Å². The van der Waals surface area contributed by atoms with Crippen LogP contribution in [0.25, 0.3) is 0 Å². The van der Waals surface area contributed by atoms with Crippen LogP contribution in [0, 0.1) is 0 Å². The van der Waals surface area contributed by atoms with E-state index in [1.807, 2.05) is 6.20 Å². The molecule has 1 aromatic heterocycles. The number of nitrogens with zero attached hydrogens (tertiary/aromatic N) is 1. The van der Waals surface area contributed by atoms with Crippen LogP contribution in [-0.4, -0.2) is 11.0 Å². The van der Waals surface area contributed by atoms with Gasteiger partial charge in [-0.3, -0.25) is 4.98 Å². The smallest absolute Gasteiger partial charge is 0.0506 e. The maximum Gasteiger partial charge on any atom is 0.0506 e. The Morgan fingerprint density at radius 2 is 2.18 bits per heavy atom. The number of rotatable bonds is 1. The summed E-state index contributed by atoms with van der Waals surface area (Å²) >= 11 is 0. The number of pyridine rings is 1. The van der Waals surface area contributed by atoms with Crippen molar-refractivity contribution >= 4 is 0 Å². The van der Waals surface area contributed by atoms with Gasteiger partial charge in [0.1, 0.15) is 0 Å². The molecular weight excluding hydrogens is 208 g/mol. The van der Waals surface area contributed by atoms with E-state index in [2.05, 4.69) is 23.2 Å². The van der Waals surface area contributed by atoms with Gasteiger partial charge in [0.05, 0.1) is 5.69 Å². The van der Waals surface area contributed by atoms with Crippen LogP contribution in [0.3, 0.4) is 0 Å². The van der Waals surface area contributed by atoms with E-state index in [9.17, 15) is 0 Å². The molecule has 0 fully saturated rings. The summed E-state index contributed by atoms with van der Waals surface area (Å²) in [4.78, 5) is 4.62. The number of allylic oxidation sites excluding steroid dienone is 1. The van der Waals surface area contributed by atoms with E-state index in [4.69, 9.17) is 5.73 Å². The first kappa shape index (κ1) is 11.0. The molecule has 0 saturated carbocycles. The van der Waals surface area contributed by atoms with Crippen LogP contribution < -0.4 is 5.73 Å². The Bertz CT molecular complexity index is 436. The third kappa shape index (κ3) is 2.14. The summed E-state index contributed by atoms with van der Waals surface area (Å²) in [6, 6.07) is 4.68. The van der Waals surface area contributed by atoms with Crippen molar-refractivity contribution < 1.29 is 0 Å². The SMILES string of the molecule is NC1CC=C(C2CCCc3cccnc32)CC1. The van der Waals surface area contributed by atoms with Gasteiger partial charge in [-0.1, -0.05) is 17.7 Å². The monoisotopic (exact) mass is 228 g/mol. The van der Waals surface area contributed by atoms with Crippen LogP contribution >= 0.6 is 0 Å². The molecule has 2 nitrogen and oxygen atoms in total. The molecule has 0 spiro atoms. The number of aromatic nitrogens is 1. The van der Waals surface area contributed by atoms with Gasteiger partial charge >= 0.3 is 0 Å². The lowest BCUT2D eigenvalue weighted by Crippen LogP contribution is -2.24.